The number of benzene rings is 1. The van der Waals surface area contributed by atoms with E-state index in [0.29, 0.717) is 11.1 Å². The van der Waals surface area contributed by atoms with E-state index < -0.39 is 0 Å². The van der Waals surface area contributed by atoms with Crippen molar-refractivity contribution >= 4 is 16.8 Å². The SMILES string of the molecule is Cc1cc(C)c(CNC(=O)c2cc(-c3cccnc3)cc3c2c(C)cn3C(C)C)c(=O)[nH]1. The summed E-state index contributed by atoms with van der Waals surface area (Å²) in [6, 6.07) is 10.1. The third kappa shape index (κ3) is 3.96. The summed E-state index contributed by atoms with van der Waals surface area (Å²) >= 11 is 0. The number of carbonyl (C=O) groups excluding carboxylic acids is 1. The van der Waals surface area contributed by atoms with Crippen molar-refractivity contribution in [3.05, 3.63) is 87.2 Å². The van der Waals surface area contributed by atoms with Gasteiger partial charge in [-0.25, -0.2) is 0 Å². The summed E-state index contributed by atoms with van der Waals surface area (Å²) in [5, 5.41) is 3.90. The number of carbonyl (C=O) groups is 1. The maximum atomic E-state index is 13.4. The molecule has 0 radical (unpaired) electrons. The average Bonchev–Trinajstić information content (AvgIpc) is 3.09. The summed E-state index contributed by atoms with van der Waals surface area (Å²) in [6.07, 6.45) is 5.62. The summed E-state index contributed by atoms with van der Waals surface area (Å²) in [6.45, 7) is 10.2. The van der Waals surface area contributed by atoms with Gasteiger partial charge in [0.2, 0.25) is 0 Å². The zero-order valence-corrected chi connectivity index (χ0v) is 19.1. The number of aromatic nitrogens is 3. The van der Waals surface area contributed by atoms with Crippen LogP contribution in [-0.4, -0.2) is 20.4 Å². The third-order valence-electron chi connectivity index (χ3n) is 5.84. The van der Waals surface area contributed by atoms with E-state index in [1.165, 1.54) is 0 Å². The summed E-state index contributed by atoms with van der Waals surface area (Å²) in [5.41, 5.74) is 6.60. The van der Waals surface area contributed by atoms with Crippen LogP contribution in [0.25, 0.3) is 22.0 Å². The number of aromatic amines is 1. The molecule has 0 saturated carbocycles. The summed E-state index contributed by atoms with van der Waals surface area (Å²) in [4.78, 5) is 32.8. The number of hydrogen-bond acceptors (Lipinski definition) is 3. The van der Waals surface area contributed by atoms with Crippen LogP contribution in [0.5, 0.6) is 0 Å². The van der Waals surface area contributed by atoms with Gasteiger partial charge >= 0.3 is 0 Å². The number of rotatable bonds is 5. The molecule has 4 aromatic rings. The summed E-state index contributed by atoms with van der Waals surface area (Å²) < 4.78 is 2.19. The van der Waals surface area contributed by atoms with Gasteiger partial charge in [-0.1, -0.05) is 6.07 Å². The first kappa shape index (κ1) is 21.6. The van der Waals surface area contributed by atoms with Crippen molar-refractivity contribution in [3.63, 3.8) is 0 Å². The van der Waals surface area contributed by atoms with E-state index >= 15 is 0 Å². The molecule has 6 heteroatoms. The highest BCUT2D eigenvalue weighted by molar-refractivity contribution is 6.09. The molecule has 2 N–H and O–H groups in total. The van der Waals surface area contributed by atoms with Gasteiger partial charge in [0.05, 0.1) is 0 Å². The molecule has 32 heavy (non-hydrogen) atoms. The van der Waals surface area contributed by atoms with Crippen LogP contribution in [0.4, 0.5) is 0 Å². The molecule has 1 amide bonds. The molecule has 0 fully saturated rings. The van der Waals surface area contributed by atoms with Crippen molar-refractivity contribution in [1.82, 2.24) is 19.9 Å². The van der Waals surface area contributed by atoms with Gasteiger partial charge in [-0.05, 0) is 75.6 Å². The zero-order chi connectivity index (χ0) is 23.0. The van der Waals surface area contributed by atoms with Crippen LogP contribution in [0.15, 0.2) is 53.7 Å². The molecular formula is C26H28N4O2. The lowest BCUT2D eigenvalue weighted by Crippen LogP contribution is -2.28. The number of nitrogens with one attached hydrogen (secondary N) is 2. The second-order valence-corrected chi connectivity index (χ2v) is 8.60. The van der Waals surface area contributed by atoms with Crippen LogP contribution in [0, 0.1) is 20.8 Å². The molecule has 0 aliphatic heterocycles. The van der Waals surface area contributed by atoms with E-state index in [-0.39, 0.29) is 24.1 Å². The second kappa shape index (κ2) is 8.46. The second-order valence-electron chi connectivity index (χ2n) is 8.60. The van der Waals surface area contributed by atoms with Gasteiger partial charge in [-0.15, -0.1) is 0 Å². The summed E-state index contributed by atoms with van der Waals surface area (Å²) in [5.74, 6) is -0.204. The van der Waals surface area contributed by atoms with Crippen molar-refractivity contribution in [2.24, 2.45) is 0 Å². The molecule has 0 spiro atoms. The van der Waals surface area contributed by atoms with Crippen LogP contribution < -0.4 is 10.9 Å². The first-order valence-corrected chi connectivity index (χ1v) is 10.8. The molecule has 164 valence electrons. The summed E-state index contributed by atoms with van der Waals surface area (Å²) in [7, 11) is 0. The highest BCUT2D eigenvalue weighted by atomic mass is 16.1. The van der Waals surface area contributed by atoms with E-state index in [4.69, 9.17) is 0 Å². The Morgan fingerprint density at radius 1 is 1.12 bits per heavy atom. The van der Waals surface area contributed by atoms with E-state index in [1.807, 2.05) is 45.0 Å². The Morgan fingerprint density at radius 3 is 2.56 bits per heavy atom. The van der Waals surface area contributed by atoms with Gasteiger partial charge in [0.15, 0.2) is 0 Å². The number of H-pyrrole nitrogens is 1. The normalized spacial score (nSPS) is 11.3. The molecule has 6 nitrogen and oxygen atoms in total. The smallest absolute Gasteiger partial charge is 0.253 e. The molecule has 1 aromatic carbocycles. The highest BCUT2D eigenvalue weighted by Crippen LogP contribution is 2.32. The molecule has 0 aliphatic carbocycles. The largest absolute Gasteiger partial charge is 0.348 e. The Bertz CT molecular complexity index is 1360. The van der Waals surface area contributed by atoms with Gasteiger partial charge in [0, 0.05) is 64.5 Å². The molecule has 3 heterocycles. The number of amides is 1. The monoisotopic (exact) mass is 428 g/mol. The molecule has 3 aromatic heterocycles. The maximum absolute atomic E-state index is 13.4. The lowest BCUT2D eigenvalue weighted by molar-refractivity contribution is 0.0952. The van der Waals surface area contributed by atoms with Gasteiger partial charge in [-0.3, -0.25) is 14.6 Å². The van der Waals surface area contributed by atoms with Gasteiger partial charge in [0.25, 0.3) is 11.5 Å². The average molecular weight is 429 g/mol. The van der Waals surface area contributed by atoms with Gasteiger partial charge in [-0.2, -0.15) is 0 Å². The molecule has 0 aliphatic rings. The Balaban J connectivity index is 1.80. The fourth-order valence-corrected chi connectivity index (χ4v) is 4.26. The standard InChI is InChI=1S/C26H28N4O2/c1-15(2)30-14-17(4)24-21(10-20(11-23(24)30)19-7-6-8-27-12-19)25(31)28-13-22-16(3)9-18(5)29-26(22)32/h6-12,14-15H,13H2,1-5H3,(H,28,31)(H,29,32). The number of fused-ring (bicyclic) bond motifs is 1. The first-order chi connectivity index (χ1) is 15.3. The first-order valence-electron chi connectivity index (χ1n) is 10.8. The van der Waals surface area contributed by atoms with E-state index in [2.05, 4.69) is 46.0 Å². The maximum Gasteiger partial charge on any atom is 0.253 e. The van der Waals surface area contributed by atoms with E-state index in [9.17, 15) is 9.59 Å². The third-order valence-corrected chi connectivity index (χ3v) is 5.84. The fraction of sp³-hybridized carbons (Fsp3) is 0.269. The van der Waals surface area contributed by atoms with Crippen molar-refractivity contribution in [1.29, 1.82) is 0 Å². The highest BCUT2D eigenvalue weighted by Gasteiger charge is 2.19. The topological polar surface area (TPSA) is 79.8 Å². The molecular weight excluding hydrogens is 400 g/mol. The van der Waals surface area contributed by atoms with Crippen molar-refractivity contribution in [2.45, 2.75) is 47.2 Å². The Kier molecular flexibility index (Phi) is 5.70. The van der Waals surface area contributed by atoms with E-state index in [0.717, 1.165) is 38.9 Å². The molecule has 0 saturated heterocycles. The molecule has 0 unspecified atom stereocenters. The van der Waals surface area contributed by atoms with E-state index in [1.54, 1.807) is 12.4 Å². The van der Waals surface area contributed by atoms with Gasteiger partial charge in [0.1, 0.15) is 0 Å². The fourth-order valence-electron chi connectivity index (χ4n) is 4.26. The van der Waals surface area contributed by atoms with Crippen molar-refractivity contribution < 1.29 is 4.79 Å². The number of nitrogens with zero attached hydrogens (tertiary/aromatic N) is 2. The van der Waals surface area contributed by atoms with Crippen molar-refractivity contribution in [2.75, 3.05) is 0 Å². The van der Waals surface area contributed by atoms with Crippen molar-refractivity contribution in [3.8, 4) is 11.1 Å². The van der Waals surface area contributed by atoms with Crippen LogP contribution in [-0.2, 0) is 6.54 Å². The number of pyridine rings is 2. The number of aryl methyl sites for hydroxylation is 3. The minimum Gasteiger partial charge on any atom is -0.348 e. The number of hydrogen-bond donors (Lipinski definition) is 2. The Morgan fingerprint density at radius 2 is 1.91 bits per heavy atom. The van der Waals surface area contributed by atoms with Crippen LogP contribution >= 0.6 is 0 Å². The zero-order valence-electron chi connectivity index (χ0n) is 19.1. The Hall–Kier alpha value is -3.67. The minimum absolute atomic E-state index is 0.167. The Labute approximate surface area is 187 Å². The minimum atomic E-state index is -0.204. The lowest BCUT2D eigenvalue weighted by atomic mass is 9.99. The molecule has 0 atom stereocenters. The quantitative estimate of drug-likeness (QED) is 0.478. The predicted octanol–water partition coefficient (Wildman–Crippen LogP) is 4.83. The van der Waals surface area contributed by atoms with Crippen LogP contribution in [0.1, 0.15) is 52.6 Å². The van der Waals surface area contributed by atoms with Gasteiger partial charge < -0.3 is 14.9 Å². The lowest BCUT2D eigenvalue weighted by Gasteiger charge is -2.14. The molecule has 4 rings (SSSR count). The molecule has 0 bridgehead atoms. The van der Waals surface area contributed by atoms with Crippen LogP contribution in [0.3, 0.4) is 0 Å². The van der Waals surface area contributed by atoms with Crippen LogP contribution in [0.2, 0.25) is 0 Å². The predicted molar refractivity (Wildman–Crippen MR) is 128 cm³/mol.